The highest BCUT2D eigenvalue weighted by atomic mass is 35.5. The van der Waals surface area contributed by atoms with E-state index >= 15 is 0 Å². The summed E-state index contributed by atoms with van der Waals surface area (Å²) >= 11 is 6.38. The Bertz CT molecular complexity index is 878. The van der Waals surface area contributed by atoms with E-state index in [2.05, 4.69) is 46.4 Å². The number of rotatable bonds is 8. The van der Waals surface area contributed by atoms with Gasteiger partial charge in [0.05, 0.1) is 5.02 Å². The number of aryl methyl sites for hydroxylation is 1. The van der Waals surface area contributed by atoms with Crippen molar-refractivity contribution < 1.29 is 0 Å². The average Bonchev–Trinajstić information content (AvgIpc) is 2.74. The molecule has 0 atom stereocenters. The standard InChI is InChI=1S/C25H33ClN4/c1-18-6-4-9-24(26)25(18)19(2)29-23(16-27)14-20-10-12-30(13-11-20)17-21-7-5-8-22(15-21)28-3/h4-9,15-16,20,28-29H,2,10-14,17,27H2,1,3H3/b23-16+. The summed E-state index contributed by atoms with van der Waals surface area (Å²) in [5.74, 6) is 0.618. The van der Waals surface area contributed by atoms with Crippen LogP contribution >= 0.6 is 11.6 Å². The maximum atomic E-state index is 6.38. The molecule has 0 amide bonds. The number of halogens is 1. The SMILES string of the molecule is C=C(N/C(=C/N)CC1CCN(Cc2cccc(NC)c2)CC1)c1c(C)cccc1Cl. The Hall–Kier alpha value is -2.43. The van der Waals surface area contributed by atoms with Crippen LogP contribution in [0.15, 0.2) is 60.9 Å². The molecule has 0 aliphatic carbocycles. The van der Waals surface area contributed by atoms with Gasteiger partial charge in [-0.25, -0.2) is 0 Å². The molecule has 0 aromatic heterocycles. The molecule has 30 heavy (non-hydrogen) atoms. The smallest absolute Gasteiger partial charge is 0.0501 e. The van der Waals surface area contributed by atoms with Crippen LogP contribution in [0.5, 0.6) is 0 Å². The minimum Gasteiger partial charge on any atom is -0.403 e. The predicted octanol–water partition coefficient (Wildman–Crippen LogP) is 5.35. The van der Waals surface area contributed by atoms with Gasteiger partial charge >= 0.3 is 0 Å². The normalized spacial score (nSPS) is 15.8. The predicted molar refractivity (Wildman–Crippen MR) is 129 cm³/mol. The van der Waals surface area contributed by atoms with E-state index in [-0.39, 0.29) is 0 Å². The van der Waals surface area contributed by atoms with Gasteiger partial charge in [-0.2, -0.15) is 0 Å². The molecule has 1 fully saturated rings. The summed E-state index contributed by atoms with van der Waals surface area (Å²) in [5.41, 5.74) is 12.3. The number of piperidine rings is 1. The van der Waals surface area contributed by atoms with Crippen molar-refractivity contribution in [3.05, 3.63) is 82.7 Å². The second-order valence-corrected chi connectivity index (χ2v) is 8.51. The third kappa shape index (κ3) is 5.80. The summed E-state index contributed by atoms with van der Waals surface area (Å²) in [4.78, 5) is 2.54. The molecule has 0 radical (unpaired) electrons. The number of nitrogens with one attached hydrogen (secondary N) is 2. The second kappa shape index (κ2) is 10.6. The van der Waals surface area contributed by atoms with Gasteiger partial charge in [-0.05, 0) is 74.5 Å². The Kier molecular flexibility index (Phi) is 7.83. The van der Waals surface area contributed by atoms with E-state index in [1.807, 2.05) is 32.2 Å². The highest BCUT2D eigenvalue weighted by molar-refractivity contribution is 6.32. The first-order valence-electron chi connectivity index (χ1n) is 10.6. The maximum absolute atomic E-state index is 6.38. The number of hydrogen-bond donors (Lipinski definition) is 3. The van der Waals surface area contributed by atoms with E-state index in [1.165, 1.54) is 24.1 Å². The van der Waals surface area contributed by atoms with Crippen LogP contribution in [0.25, 0.3) is 5.70 Å². The largest absolute Gasteiger partial charge is 0.403 e. The van der Waals surface area contributed by atoms with E-state index in [1.54, 1.807) is 6.20 Å². The lowest BCUT2D eigenvalue weighted by atomic mass is 9.91. The number of benzene rings is 2. The zero-order valence-corrected chi connectivity index (χ0v) is 18.8. The fraction of sp³-hybridized carbons (Fsp3) is 0.360. The van der Waals surface area contributed by atoms with Crippen LogP contribution in [-0.4, -0.2) is 25.0 Å². The highest BCUT2D eigenvalue weighted by Crippen LogP contribution is 2.28. The fourth-order valence-electron chi connectivity index (χ4n) is 4.17. The van der Waals surface area contributed by atoms with Gasteiger partial charge in [0.25, 0.3) is 0 Å². The lowest BCUT2D eigenvalue weighted by molar-refractivity contribution is 0.176. The van der Waals surface area contributed by atoms with E-state index in [0.29, 0.717) is 10.9 Å². The number of nitrogens with two attached hydrogens (primary N) is 1. The maximum Gasteiger partial charge on any atom is 0.0501 e. The first-order chi connectivity index (χ1) is 14.5. The summed E-state index contributed by atoms with van der Waals surface area (Å²) < 4.78 is 0. The van der Waals surface area contributed by atoms with Gasteiger partial charge in [-0.3, -0.25) is 4.90 Å². The van der Waals surface area contributed by atoms with Gasteiger partial charge in [0.15, 0.2) is 0 Å². The number of nitrogens with zero attached hydrogens (tertiary/aromatic N) is 1. The van der Waals surface area contributed by atoms with Crippen LogP contribution in [0.4, 0.5) is 5.69 Å². The molecule has 160 valence electrons. The second-order valence-electron chi connectivity index (χ2n) is 8.10. The van der Waals surface area contributed by atoms with Crippen molar-refractivity contribution >= 4 is 23.0 Å². The summed E-state index contributed by atoms with van der Waals surface area (Å²) in [6.45, 7) is 9.46. The fourth-order valence-corrected chi connectivity index (χ4v) is 4.51. The van der Waals surface area contributed by atoms with Gasteiger partial charge in [0.1, 0.15) is 0 Å². The van der Waals surface area contributed by atoms with E-state index in [9.17, 15) is 0 Å². The molecule has 1 saturated heterocycles. The Balaban J connectivity index is 1.51. The quantitative estimate of drug-likeness (QED) is 0.534. The zero-order valence-electron chi connectivity index (χ0n) is 18.0. The van der Waals surface area contributed by atoms with Gasteiger partial charge in [0.2, 0.25) is 0 Å². The summed E-state index contributed by atoms with van der Waals surface area (Å²) in [7, 11) is 1.96. The lowest BCUT2D eigenvalue weighted by Gasteiger charge is -2.32. The third-order valence-corrected chi connectivity index (χ3v) is 6.19. The average molecular weight is 425 g/mol. The van der Waals surface area contributed by atoms with Gasteiger partial charge in [-0.1, -0.05) is 42.4 Å². The third-order valence-electron chi connectivity index (χ3n) is 5.87. The summed E-state index contributed by atoms with van der Waals surface area (Å²) in [5, 5.41) is 7.34. The van der Waals surface area contributed by atoms with Crippen molar-refractivity contribution in [1.29, 1.82) is 0 Å². The van der Waals surface area contributed by atoms with Crippen LogP contribution in [0.2, 0.25) is 5.02 Å². The number of likely N-dealkylation sites (tertiary alicyclic amines) is 1. The van der Waals surface area contributed by atoms with Crippen LogP contribution in [-0.2, 0) is 6.54 Å². The van der Waals surface area contributed by atoms with Gasteiger partial charge < -0.3 is 16.4 Å². The van der Waals surface area contributed by atoms with Crippen molar-refractivity contribution in [2.75, 3.05) is 25.5 Å². The molecule has 1 heterocycles. The number of anilines is 1. The lowest BCUT2D eigenvalue weighted by Crippen LogP contribution is -2.34. The minimum absolute atomic E-state index is 0.618. The summed E-state index contributed by atoms with van der Waals surface area (Å²) in [6, 6.07) is 14.5. The molecule has 3 rings (SSSR count). The number of hydrogen-bond acceptors (Lipinski definition) is 4. The molecule has 4 N–H and O–H groups in total. The van der Waals surface area contributed by atoms with Crippen molar-refractivity contribution in [3.63, 3.8) is 0 Å². The number of allylic oxidation sites excluding steroid dienone is 1. The molecular weight excluding hydrogens is 392 g/mol. The van der Waals surface area contributed by atoms with Crippen LogP contribution < -0.4 is 16.4 Å². The molecule has 0 spiro atoms. The van der Waals surface area contributed by atoms with Gasteiger partial charge in [-0.15, -0.1) is 0 Å². The first-order valence-corrected chi connectivity index (χ1v) is 11.0. The molecule has 0 bridgehead atoms. The van der Waals surface area contributed by atoms with Crippen molar-refractivity contribution in [2.24, 2.45) is 11.7 Å². The topological polar surface area (TPSA) is 53.3 Å². The Morgan fingerprint density at radius 2 is 1.97 bits per heavy atom. The van der Waals surface area contributed by atoms with Crippen LogP contribution in [0, 0.1) is 12.8 Å². The minimum atomic E-state index is 0.618. The molecule has 5 heteroatoms. The molecular formula is C25H33ClN4. The highest BCUT2D eigenvalue weighted by Gasteiger charge is 2.21. The molecule has 4 nitrogen and oxygen atoms in total. The zero-order chi connectivity index (χ0) is 21.5. The Morgan fingerprint density at radius 3 is 2.63 bits per heavy atom. The van der Waals surface area contributed by atoms with Crippen LogP contribution in [0.1, 0.15) is 36.0 Å². The van der Waals surface area contributed by atoms with Crippen molar-refractivity contribution in [1.82, 2.24) is 10.2 Å². The molecule has 1 aliphatic rings. The summed E-state index contributed by atoms with van der Waals surface area (Å²) in [6.07, 6.45) is 4.94. The Labute approximate surface area is 185 Å². The van der Waals surface area contributed by atoms with Crippen molar-refractivity contribution in [2.45, 2.75) is 32.7 Å². The molecule has 1 aliphatic heterocycles. The van der Waals surface area contributed by atoms with Gasteiger partial charge in [0, 0.05) is 42.4 Å². The monoisotopic (exact) mass is 424 g/mol. The molecule has 0 saturated carbocycles. The van der Waals surface area contributed by atoms with E-state index in [0.717, 1.165) is 48.6 Å². The Morgan fingerprint density at radius 1 is 1.23 bits per heavy atom. The molecule has 0 unspecified atom stereocenters. The molecule has 2 aromatic rings. The molecule has 2 aromatic carbocycles. The van der Waals surface area contributed by atoms with Crippen molar-refractivity contribution in [3.8, 4) is 0 Å². The van der Waals surface area contributed by atoms with E-state index in [4.69, 9.17) is 17.3 Å². The van der Waals surface area contributed by atoms with E-state index < -0.39 is 0 Å². The van der Waals surface area contributed by atoms with Crippen LogP contribution in [0.3, 0.4) is 0 Å². The first kappa shape index (κ1) is 22.3.